The summed E-state index contributed by atoms with van der Waals surface area (Å²) >= 11 is 0.969. The third-order valence-corrected chi connectivity index (χ3v) is 5.15. The maximum Gasteiger partial charge on any atom is 0.243 e. The summed E-state index contributed by atoms with van der Waals surface area (Å²) < 4.78 is 10.7. The molecule has 0 spiro atoms. The van der Waals surface area contributed by atoms with Gasteiger partial charge in [-0.15, -0.1) is 0 Å². The molecule has 0 aliphatic heterocycles. The van der Waals surface area contributed by atoms with Crippen LogP contribution < -0.4 is 14.2 Å². The van der Waals surface area contributed by atoms with Gasteiger partial charge >= 0.3 is 0 Å². The Morgan fingerprint density at radius 2 is 1.79 bits per heavy atom. The van der Waals surface area contributed by atoms with Crippen LogP contribution in [0.3, 0.4) is 0 Å². The molecule has 1 aromatic heterocycles. The lowest BCUT2D eigenvalue weighted by molar-refractivity contribution is -0.113. The largest absolute Gasteiger partial charge is 0.497 e. The molecule has 28 heavy (non-hydrogen) atoms. The topological polar surface area (TPSA) is 69.7 Å². The highest BCUT2D eigenvalue weighted by Crippen LogP contribution is 2.27. The Morgan fingerprint density at radius 1 is 1.04 bits per heavy atom. The van der Waals surface area contributed by atoms with Gasteiger partial charge < -0.3 is 9.47 Å². The van der Waals surface area contributed by atoms with E-state index in [2.05, 4.69) is 0 Å². The van der Waals surface area contributed by atoms with E-state index in [1.54, 1.807) is 55.7 Å². The number of fused-ring (bicyclic) bond motifs is 1. The SMILES string of the molecule is COc1ccc(/C=C/C(=O)CC(=O)c2cc3c(OC)cccc3sc2=O)cc1. The van der Waals surface area contributed by atoms with Crippen LogP contribution in [-0.2, 0) is 4.79 Å². The van der Waals surface area contributed by atoms with Crippen LogP contribution in [0.4, 0.5) is 0 Å². The summed E-state index contributed by atoms with van der Waals surface area (Å²) in [5.41, 5.74) is 0.817. The van der Waals surface area contributed by atoms with Gasteiger partial charge in [0, 0.05) is 10.1 Å². The van der Waals surface area contributed by atoms with Crippen molar-refractivity contribution in [3.8, 4) is 11.5 Å². The van der Waals surface area contributed by atoms with Gasteiger partial charge in [0.15, 0.2) is 11.6 Å². The van der Waals surface area contributed by atoms with E-state index in [0.29, 0.717) is 11.1 Å². The summed E-state index contributed by atoms with van der Waals surface area (Å²) in [6.07, 6.45) is 2.60. The van der Waals surface area contributed by atoms with E-state index < -0.39 is 5.78 Å². The number of carbonyl (C=O) groups excluding carboxylic acids is 2. The number of rotatable bonds is 7. The molecule has 2 aromatic carbocycles. The predicted octanol–water partition coefficient (Wildman–Crippen LogP) is 4.13. The van der Waals surface area contributed by atoms with Gasteiger partial charge in [0.2, 0.25) is 4.74 Å². The minimum atomic E-state index is -0.501. The molecule has 5 nitrogen and oxygen atoms in total. The molecule has 0 unspecified atom stereocenters. The van der Waals surface area contributed by atoms with Crippen molar-refractivity contribution in [1.82, 2.24) is 0 Å². The second-order valence-corrected chi connectivity index (χ2v) is 7.01. The molecule has 3 rings (SSSR count). The van der Waals surface area contributed by atoms with Gasteiger partial charge in [-0.3, -0.25) is 14.4 Å². The Morgan fingerprint density at radius 3 is 2.46 bits per heavy atom. The molecular weight excluding hydrogens is 376 g/mol. The second kappa shape index (κ2) is 8.63. The number of Topliss-reactive ketones (excluding diaryl/α,β-unsaturated/α-hetero) is 1. The fraction of sp³-hybridized carbons (Fsp3) is 0.136. The van der Waals surface area contributed by atoms with Gasteiger partial charge in [-0.2, -0.15) is 0 Å². The van der Waals surface area contributed by atoms with E-state index >= 15 is 0 Å². The number of carbonyl (C=O) groups is 2. The van der Waals surface area contributed by atoms with E-state index in [0.717, 1.165) is 27.3 Å². The summed E-state index contributed by atoms with van der Waals surface area (Å²) in [5.74, 6) is 0.423. The van der Waals surface area contributed by atoms with Crippen molar-refractivity contribution in [1.29, 1.82) is 0 Å². The van der Waals surface area contributed by atoms with Crippen LogP contribution in [0, 0.1) is 0 Å². The highest BCUT2D eigenvalue weighted by Gasteiger charge is 2.16. The standard InChI is InChI=1S/C22H18O5S/c1-26-16-10-7-14(8-11-16)6-9-15(23)12-19(24)17-13-18-20(27-2)4-3-5-21(18)28-22(17)25/h3-11,13H,12H2,1-2H3/b9-6+. The Hall–Kier alpha value is -3.25. The van der Waals surface area contributed by atoms with Gasteiger partial charge in [-0.1, -0.05) is 35.6 Å². The van der Waals surface area contributed by atoms with Crippen molar-refractivity contribution in [2.24, 2.45) is 0 Å². The minimum Gasteiger partial charge on any atom is -0.497 e. The summed E-state index contributed by atoms with van der Waals surface area (Å²) in [5, 5.41) is 0.680. The predicted molar refractivity (Wildman–Crippen MR) is 111 cm³/mol. The molecular formula is C22H18O5S. The summed E-state index contributed by atoms with van der Waals surface area (Å²) in [7, 11) is 3.10. The van der Waals surface area contributed by atoms with Gasteiger partial charge in [-0.25, -0.2) is 0 Å². The highest BCUT2D eigenvalue weighted by atomic mass is 32.1. The van der Waals surface area contributed by atoms with E-state index in [-0.39, 0.29) is 22.5 Å². The zero-order valence-corrected chi connectivity index (χ0v) is 16.2. The molecule has 0 radical (unpaired) electrons. The molecule has 3 aromatic rings. The fourth-order valence-electron chi connectivity index (χ4n) is 2.70. The Balaban J connectivity index is 1.78. The van der Waals surface area contributed by atoms with Gasteiger partial charge in [0.25, 0.3) is 0 Å². The lowest BCUT2D eigenvalue weighted by Gasteiger charge is -2.05. The minimum absolute atomic E-state index is 0.00759. The number of ketones is 2. The number of hydrogen-bond donors (Lipinski definition) is 0. The maximum absolute atomic E-state index is 12.5. The van der Waals surface area contributed by atoms with E-state index in [1.165, 1.54) is 19.3 Å². The summed E-state index contributed by atoms with van der Waals surface area (Å²) in [6, 6.07) is 14.0. The van der Waals surface area contributed by atoms with Gasteiger partial charge in [0.05, 0.1) is 26.2 Å². The molecule has 142 valence electrons. The fourth-order valence-corrected chi connectivity index (χ4v) is 3.60. The first-order valence-corrected chi connectivity index (χ1v) is 9.32. The molecule has 0 atom stereocenters. The molecule has 6 heteroatoms. The molecule has 0 fully saturated rings. The molecule has 0 saturated carbocycles. The average molecular weight is 394 g/mol. The molecule has 0 saturated heterocycles. The Labute approximate surface area is 165 Å². The van der Waals surface area contributed by atoms with Crippen molar-refractivity contribution >= 4 is 39.1 Å². The quantitative estimate of drug-likeness (QED) is 0.342. The van der Waals surface area contributed by atoms with Crippen LogP contribution in [0.25, 0.3) is 16.2 Å². The average Bonchev–Trinajstić information content (AvgIpc) is 2.71. The van der Waals surface area contributed by atoms with Crippen molar-refractivity contribution in [3.63, 3.8) is 0 Å². The molecule has 0 aliphatic rings. The zero-order chi connectivity index (χ0) is 20.1. The first kappa shape index (κ1) is 19.5. The van der Waals surface area contributed by atoms with Crippen LogP contribution in [-0.4, -0.2) is 25.8 Å². The summed E-state index contributed by atoms with van der Waals surface area (Å²) in [4.78, 5) is 37.0. The first-order valence-electron chi connectivity index (χ1n) is 8.51. The van der Waals surface area contributed by atoms with Crippen LogP contribution in [0.1, 0.15) is 22.3 Å². The molecule has 0 aliphatic carbocycles. The number of ether oxygens (including phenoxy) is 2. The maximum atomic E-state index is 12.5. The van der Waals surface area contributed by atoms with Crippen LogP contribution in [0.15, 0.2) is 59.4 Å². The Kier molecular flexibility index (Phi) is 6.01. The van der Waals surface area contributed by atoms with Crippen LogP contribution in [0.5, 0.6) is 11.5 Å². The molecule has 1 heterocycles. The first-order chi connectivity index (χ1) is 13.5. The van der Waals surface area contributed by atoms with Crippen LogP contribution in [0.2, 0.25) is 0 Å². The van der Waals surface area contributed by atoms with Crippen molar-refractivity contribution in [2.75, 3.05) is 14.2 Å². The lowest BCUT2D eigenvalue weighted by Crippen LogP contribution is -2.14. The second-order valence-electron chi connectivity index (χ2n) is 5.99. The van der Waals surface area contributed by atoms with Crippen LogP contribution >= 0.6 is 11.3 Å². The smallest absolute Gasteiger partial charge is 0.243 e. The third kappa shape index (κ3) is 4.35. The third-order valence-electron chi connectivity index (χ3n) is 4.17. The zero-order valence-electron chi connectivity index (χ0n) is 15.4. The van der Waals surface area contributed by atoms with E-state index in [9.17, 15) is 14.4 Å². The normalized spacial score (nSPS) is 10.9. The molecule has 0 bridgehead atoms. The number of hydrogen-bond acceptors (Lipinski definition) is 6. The lowest BCUT2D eigenvalue weighted by atomic mass is 10.1. The van der Waals surface area contributed by atoms with Gasteiger partial charge in [0.1, 0.15) is 11.5 Å². The van der Waals surface area contributed by atoms with Gasteiger partial charge in [-0.05, 0) is 42.0 Å². The van der Waals surface area contributed by atoms with E-state index in [4.69, 9.17) is 9.47 Å². The number of allylic oxidation sites excluding steroid dienone is 1. The molecule has 0 N–H and O–H groups in total. The molecule has 0 amide bonds. The van der Waals surface area contributed by atoms with Crippen molar-refractivity contribution < 1.29 is 19.1 Å². The number of methoxy groups -OCH3 is 2. The number of benzene rings is 2. The Bertz CT molecular complexity index is 1110. The summed E-state index contributed by atoms with van der Waals surface area (Å²) in [6.45, 7) is 0. The van der Waals surface area contributed by atoms with E-state index in [1.807, 2.05) is 0 Å². The van der Waals surface area contributed by atoms with Crippen molar-refractivity contribution in [2.45, 2.75) is 6.42 Å². The van der Waals surface area contributed by atoms with Crippen molar-refractivity contribution in [3.05, 3.63) is 75.3 Å². The highest BCUT2D eigenvalue weighted by molar-refractivity contribution is 7.16. The monoisotopic (exact) mass is 394 g/mol.